The van der Waals surface area contributed by atoms with Gasteiger partial charge in [0.15, 0.2) is 0 Å². The Kier molecular flexibility index (Phi) is 6.06. The van der Waals surface area contributed by atoms with Gasteiger partial charge in [0.2, 0.25) is 5.91 Å². The first kappa shape index (κ1) is 15.0. The third-order valence-corrected chi connectivity index (χ3v) is 3.91. The molecule has 1 aromatic carbocycles. The molecule has 0 atom stereocenters. The summed E-state index contributed by atoms with van der Waals surface area (Å²) in [5.41, 5.74) is 2.24. The van der Waals surface area contributed by atoms with E-state index in [1.807, 2.05) is 18.2 Å². The van der Waals surface area contributed by atoms with Crippen LogP contribution in [0, 0.1) is 0 Å². The number of benzene rings is 1. The van der Waals surface area contributed by atoms with Crippen molar-refractivity contribution < 1.29 is 4.79 Å². The highest BCUT2D eigenvalue weighted by atomic mass is 16.2. The molecule has 1 aliphatic heterocycles. The van der Waals surface area contributed by atoms with Gasteiger partial charge in [-0.1, -0.05) is 38.0 Å². The van der Waals surface area contributed by atoms with E-state index in [4.69, 9.17) is 0 Å². The summed E-state index contributed by atoms with van der Waals surface area (Å²) in [6.07, 6.45) is 7.13. The van der Waals surface area contributed by atoms with Crippen LogP contribution in [-0.4, -0.2) is 30.4 Å². The zero-order chi connectivity index (χ0) is 14.2. The van der Waals surface area contributed by atoms with E-state index in [9.17, 15) is 4.79 Å². The van der Waals surface area contributed by atoms with E-state index in [1.54, 1.807) is 0 Å². The summed E-state index contributed by atoms with van der Waals surface area (Å²) in [4.78, 5) is 14.4. The number of anilines is 1. The quantitative estimate of drug-likeness (QED) is 0.861. The lowest BCUT2D eigenvalue weighted by molar-refractivity contribution is -0.117. The van der Waals surface area contributed by atoms with Gasteiger partial charge in [-0.3, -0.25) is 9.69 Å². The molecule has 0 aliphatic carbocycles. The van der Waals surface area contributed by atoms with E-state index < -0.39 is 0 Å². The highest BCUT2D eigenvalue weighted by Crippen LogP contribution is 2.17. The number of nitrogens with zero attached hydrogens (tertiary/aromatic N) is 1. The number of nitrogens with one attached hydrogen (secondary N) is 1. The molecule has 1 amide bonds. The van der Waals surface area contributed by atoms with Crippen molar-refractivity contribution in [1.82, 2.24) is 4.90 Å². The molecule has 1 aliphatic rings. The van der Waals surface area contributed by atoms with Crippen LogP contribution in [0.1, 0.15) is 44.6 Å². The predicted molar refractivity (Wildman–Crippen MR) is 84.0 cm³/mol. The van der Waals surface area contributed by atoms with Crippen LogP contribution in [0.4, 0.5) is 5.69 Å². The third kappa shape index (κ3) is 4.64. The maximum absolute atomic E-state index is 12.2. The highest BCUT2D eigenvalue weighted by Gasteiger charge is 2.14. The van der Waals surface area contributed by atoms with Crippen molar-refractivity contribution in [3.05, 3.63) is 29.8 Å². The van der Waals surface area contributed by atoms with Crippen LogP contribution in [-0.2, 0) is 11.2 Å². The Bertz CT molecular complexity index is 425. The van der Waals surface area contributed by atoms with Crippen molar-refractivity contribution in [2.45, 2.75) is 45.4 Å². The summed E-state index contributed by atoms with van der Waals surface area (Å²) in [6.45, 7) is 4.84. The number of aryl methyl sites for hydroxylation is 1. The molecule has 1 saturated heterocycles. The number of amides is 1. The minimum Gasteiger partial charge on any atom is -0.325 e. The maximum atomic E-state index is 12.2. The first-order chi connectivity index (χ1) is 9.79. The Morgan fingerprint density at radius 1 is 1.20 bits per heavy atom. The predicted octanol–water partition coefficient (Wildman–Crippen LogP) is 3.45. The van der Waals surface area contributed by atoms with Gasteiger partial charge in [-0.25, -0.2) is 0 Å². The maximum Gasteiger partial charge on any atom is 0.238 e. The molecule has 1 fully saturated rings. The number of hydrogen-bond acceptors (Lipinski definition) is 2. The minimum atomic E-state index is 0.121. The standard InChI is InChI=1S/C17H26N2O/c1-2-3-9-15-10-5-6-11-16(15)18-17(20)14-19-12-7-4-8-13-19/h5-6,10-11H,2-4,7-9,12-14H2,1H3,(H,18,20). The van der Waals surface area contributed by atoms with Crippen molar-refractivity contribution >= 4 is 11.6 Å². The smallest absolute Gasteiger partial charge is 0.238 e. The molecule has 0 saturated carbocycles. The van der Waals surface area contributed by atoms with Crippen molar-refractivity contribution in [2.75, 3.05) is 25.0 Å². The molecular weight excluding hydrogens is 248 g/mol. The van der Waals surface area contributed by atoms with Crippen molar-refractivity contribution in [3.63, 3.8) is 0 Å². The van der Waals surface area contributed by atoms with Crippen LogP contribution in [0.25, 0.3) is 0 Å². The molecule has 1 heterocycles. The lowest BCUT2D eigenvalue weighted by Gasteiger charge is -2.25. The number of rotatable bonds is 6. The highest BCUT2D eigenvalue weighted by molar-refractivity contribution is 5.93. The van der Waals surface area contributed by atoms with Crippen molar-refractivity contribution in [2.24, 2.45) is 0 Å². The summed E-state index contributed by atoms with van der Waals surface area (Å²) in [6, 6.07) is 8.17. The molecule has 20 heavy (non-hydrogen) atoms. The third-order valence-electron chi connectivity index (χ3n) is 3.91. The summed E-state index contributed by atoms with van der Waals surface area (Å²) >= 11 is 0. The fraction of sp³-hybridized carbons (Fsp3) is 0.588. The van der Waals surface area contributed by atoms with Crippen LogP contribution in [0.5, 0.6) is 0 Å². The molecule has 3 heteroatoms. The van der Waals surface area contributed by atoms with Crippen molar-refractivity contribution in [1.29, 1.82) is 0 Å². The van der Waals surface area contributed by atoms with Crippen LogP contribution in [0.2, 0.25) is 0 Å². The molecule has 0 radical (unpaired) electrons. The van der Waals surface area contributed by atoms with Gasteiger partial charge in [0.25, 0.3) is 0 Å². The monoisotopic (exact) mass is 274 g/mol. The SMILES string of the molecule is CCCCc1ccccc1NC(=O)CN1CCCCC1. The summed E-state index contributed by atoms with van der Waals surface area (Å²) in [5.74, 6) is 0.121. The van der Waals surface area contributed by atoms with Gasteiger partial charge in [-0.05, 0) is 50.4 Å². The first-order valence-corrected chi connectivity index (χ1v) is 7.89. The zero-order valence-electron chi connectivity index (χ0n) is 12.5. The number of unbranched alkanes of at least 4 members (excludes halogenated alkanes) is 1. The van der Waals surface area contributed by atoms with Crippen molar-refractivity contribution in [3.8, 4) is 0 Å². The topological polar surface area (TPSA) is 32.3 Å². The fourth-order valence-corrected chi connectivity index (χ4v) is 2.74. The number of carbonyl (C=O) groups is 1. The number of para-hydroxylation sites is 1. The van der Waals surface area contributed by atoms with Gasteiger partial charge in [-0.2, -0.15) is 0 Å². The van der Waals surface area contributed by atoms with Crippen LogP contribution in [0.15, 0.2) is 24.3 Å². The Labute approximate surface area is 122 Å². The molecule has 1 aromatic rings. The molecule has 0 bridgehead atoms. The van der Waals surface area contributed by atoms with Crippen LogP contribution < -0.4 is 5.32 Å². The Hall–Kier alpha value is -1.35. The normalized spacial score (nSPS) is 16.1. The molecule has 0 aromatic heterocycles. The van der Waals surface area contributed by atoms with E-state index in [-0.39, 0.29) is 5.91 Å². The second kappa shape index (κ2) is 8.05. The number of carbonyl (C=O) groups excluding carboxylic acids is 1. The lowest BCUT2D eigenvalue weighted by Crippen LogP contribution is -2.36. The molecule has 0 spiro atoms. The fourth-order valence-electron chi connectivity index (χ4n) is 2.74. The molecule has 1 N–H and O–H groups in total. The second-order valence-electron chi connectivity index (χ2n) is 5.65. The molecule has 3 nitrogen and oxygen atoms in total. The van der Waals surface area contributed by atoms with Gasteiger partial charge in [0.05, 0.1) is 6.54 Å². The summed E-state index contributed by atoms with van der Waals surface area (Å²) in [7, 11) is 0. The Balaban J connectivity index is 1.89. The van der Waals surface area contributed by atoms with E-state index in [2.05, 4.69) is 23.2 Å². The van der Waals surface area contributed by atoms with Gasteiger partial charge < -0.3 is 5.32 Å². The zero-order valence-corrected chi connectivity index (χ0v) is 12.5. The molecular formula is C17H26N2O. The van der Waals surface area contributed by atoms with E-state index in [1.165, 1.54) is 37.7 Å². The average Bonchev–Trinajstić information content (AvgIpc) is 2.47. The van der Waals surface area contributed by atoms with E-state index >= 15 is 0 Å². The lowest BCUT2D eigenvalue weighted by atomic mass is 10.1. The summed E-state index contributed by atoms with van der Waals surface area (Å²) < 4.78 is 0. The molecule has 110 valence electrons. The van der Waals surface area contributed by atoms with Gasteiger partial charge in [0, 0.05) is 5.69 Å². The average molecular weight is 274 g/mol. The molecule has 0 unspecified atom stereocenters. The minimum absolute atomic E-state index is 0.121. The second-order valence-corrected chi connectivity index (χ2v) is 5.65. The van der Waals surface area contributed by atoms with Gasteiger partial charge in [0.1, 0.15) is 0 Å². The number of likely N-dealkylation sites (tertiary alicyclic amines) is 1. The number of hydrogen-bond donors (Lipinski definition) is 1. The van der Waals surface area contributed by atoms with Crippen LogP contribution in [0.3, 0.4) is 0 Å². The summed E-state index contributed by atoms with van der Waals surface area (Å²) in [5, 5.41) is 3.09. The van der Waals surface area contributed by atoms with E-state index in [0.717, 1.165) is 25.2 Å². The Morgan fingerprint density at radius 2 is 1.95 bits per heavy atom. The largest absolute Gasteiger partial charge is 0.325 e. The van der Waals surface area contributed by atoms with Gasteiger partial charge >= 0.3 is 0 Å². The first-order valence-electron chi connectivity index (χ1n) is 7.89. The van der Waals surface area contributed by atoms with Crippen LogP contribution >= 0.6 is 0 Å². The molecule has 2 rings (SSSR count). The number of piperidine rings is 1. The van der Waals surface area contributed by atoms with E-state index in [0.29, 0.717) is 6.54 Å². The Morgan fingerprint density at radius 3 is 2.70 bits per heavy atom. The van der Waals surface area contributed by atoms with Gasteiger partial charge in [-0.15, -0.1) is 0 Å².